The number of nitrogen functional groups attached to an aromatic ring is 1. The summed E-state index contributed by atoms with van der Waals surface area (Å²) in [6.07, 6.45) is 5.42. The molecule has 66 valence electrons. The fraction of sp³-hybridized carbons (Fsp3) is 0.100. The summed E-state index contributed by atoms with van der Waals surface area (Å²) in [5, 5.41) is 0. The van der Waals surface area contributed by atoms with Gasteiger partial charge in [-0.05, 0) is 24.6 Å². The fourth-order valence-corrected chi connectivity index (χ4v) is 1.32. The standard InChI is InChI=1S/C10H11N3/c1-8-9(11)3-2-4-10(8)13-6-5-12-7-13/h2-7H,11H2,1H3. The fourth-order valence-electron chi connectivity index (χ4n) is 1.32. The maximum atomic E-state index is 5.79. The highest BCUT2D eigenvalue weighted by atomic mass is 15.0. The zero-order valence-corrected chi connectivity index (χ0v) is 7.44. The molecule has 0 amide bonds. The second-order valence-corrected chi connectivity index (χ2v) is 2.96. The van der Waals surface area contributed by atoms with Crippen molar-refractivity contribution in [2.45, 2.75) is 6.92 Å². The molecule has 3 nitrogen and oxygen atoms in total. The predicted octanol–water partition coefficient (Wildman–Crippen LogP) is 1.76. The van der Waals surface area contributed by atoms with Crippen LogP contribution < -0.4 is 5.73 Å². The van der Waals surface area contributed by atoms with Crippen molar-refractivity contribution in [1.29, 1.82) is 0 Å². The molecule has 0 radical (unpaired) electrons. The van der Waals surface area contributed by atoms with E-state index in [1.54, 1.807) is 12.5 Å². The monoisotopic (exact) mass is 173 g/mol. The zero-order chi connectivity index (χ0) is 9.26. The van der Waals surface area contributed by atoms with Crippen LogP contribution in [-0.4, -0.2) is 9.55 Å². The molecule has 0 aliphatic carbocycles. The maximum Gasteiger partial charge on any atom is 0.0991 e. The van der Waals surface area contributed by atoms with Gasteiger partial charge in [0.25, 0.3) is 0 Å². The summed E-state index contributed by atoms with van der Waals surface area (Å²) >= 11 is 0. The zero-order valence-electron chi connectivity index (χ0n) is 7.44. The lowest BCUT2D eigenvalue weighted by Gasteiger charge is -2.07. The Balaban J connectivity index is 2.59. The first-order chi connectivity index (χ1) is 6.29. The normalized spacial score (nSPS) is 10.2. The molecule has 2 N–H and O–H groups in total. The number of anilines is 1. The van der Waals surface area contributed by atoms with E-state index in [0.29, 0.717) is 0 Å². The van der Waals surface area contributed by atoms with Gasteiger partial charge in [0.15, 0.2) is 0 Å². The molecule has 0 bridgehead atoms. The Kier molecular flexibility index (Phi) is 1.77. The minimum atomic E-state index is 0.811. The molecule has 0 atom stereocenters. The molecule has 0 aliphatic rings. The molecule has 2 aromatic rings. The first kappa shape index (κ1) is 7.86. The first-order valence-corrected chi connectivity index (χ1v) is 4.12. The highest BCUT2D eigenvalue weighted by Crippen LogP contribution is 2.18. The Morgan fingerprint density at radius 2 is 2.23 bits per heavy atom. The van der Waals surface area contributed by atoms with E-state index in [1.807, 2.05) is 35.9 Å². The van der Waals surface area contributed by atoms with Crippen molar-refractivity contribution in [1.82, 2.24) is 9.55 Å². The van der Waals surface area contributed by atoms with Gasteiger partial charge in [-0.3, -0.25) is 0 Å². The van der Waals surface area contributed by atoms with Crippen molar-refractivity contribution in [3.63, 3.8) is 0 Å². The molecule has 1 aromatic heterocycles. The first-order valence-electron chi connectivity index (χ1n) is 4.12. The minimum absolute atomic E-state index is 0.811. The van der Waals surface area contributed by atoms with Gasteiger partial charge in [-0.15, -0.1) is 0 Å². The van der Waals surface area contributed by atoms with Gasteiger partial charge in [-0.1, -0.05) is 6.07 Å². The Morgan fingerprint density at radius 1 is 1.38 bits per heavy atom. The van der Waals surface area contributed by atoms with Gasteiger partial charge in [0.05, 0.1) is 12.0 Å². The van der Waals surface area contributed by atoms with Crippen molar-refractivity contribution < 1.29 is 0 Å². The number of aromatic nitrogens is 2. The van der Waals surface area contributed by atoms with Crippen LogP contribution in [0.25, 0.3) is 5.69 Å². The van der Waals surface area contributed by atoms with Crippen LogP contribution >= 0.6 is 0 Å². The van der Waals surface area contributed by atoms with E-state index in [0.717, 1.165) is 16.9 Å². The van der Waals surface area contributed by atoms with Crippen LogP contribution in [0.3, 0.4) is 0 Å². The lowest BCUT2D eigenvalue weighted by atomic mass is 10.1. The van der Waals surface area contributed by atoms with Crippen molar-refractivity contribution in [3.05, 3.63) is 42.5 Å². The van der Waals surface area contributed by atoms with Crippen LogP contribution in [-0.2, 0) is 0 Å². The molecule has 1 heterocycles. The van der Waals surface area contributed by atoms with Crippen LogP contribution in [0.1, 0.15) is 5.56 Å². The van der Waals surface area contributed by atoms with Crippen LogP contribution in [0.4, 0.5) is 5.69 Å². The quantitative estimate of drug-likeness (QED) is 0.668. The Hall–Kier alpha value is -1.77. The van der Waals surface area contributed by atoms with E-state index >= 15 is 0 Å². The summed E-state index contributed by atoms with van der Waals surface area (Å²) < 4.78 is 1.95. The Labute approximate surface area is 76.8 Å². The molecule has 0 aliphatic heterocycles. The number of imidazole rings is 1. The third-order valence-electron chi connectivity index (χ3n) is 2.13. The maximum absolute atomic E-state index is 5.79. The van der Waals surface area contributed by atoms with E-state index in [9.17, 15) is 0 Å². The summed E-state index contributed by atoms with van der Waals surface area (Å²) in [6, 6.07) is 5.86. The van der Waals surface area contributed by atoms with E-state index in [4.69, 9.17) is 5.73 Å². The molecule has 0 unspecified atom stereocenters. The third-order valence-corrected chi connectivity index (χ3v) is 2.13. The second kappa shape index (κ2) is 2.94. The summed E-state index contributed by atoms with van der Waals surface area (Å²) in [5.41, 5.74) is 8.77. The Morgan fingerprint density at radius 3 is 2.92 bits per heavy atom. The van der Waals surface area contributed by atoms with Crippen molar-refractivity contribution in [3.8, 4) is 5.69 Å². The highest BCUT2D eigenvalue weighted by Gasteiger charge is 2.01. The number of hydrogen-bond acceptors (Lipinski definition) is 2. The predicted molar refractivity (Wildman–Crippen MR) is 52.7 cm³/mol. The third kappa shape index (κ3) is 1.28. The Bertz CT molecular complexity index is 404. The van der Waals surface area contributed by atoms with Crippen LogP contribution in [0, 0.1) is 6.92 Å². The van der Waals surface area contributed by atoms with Crippen LogP contribution in [0.15, 0.2) is 36.9 Å². The molecule has 0 spiro atoms. The molecular weight excluding hydrogens is 162 g/mol. The summed E-state index contributed by atoms with van der Waals surface area (Å²) in [7, 11) is 0. The van der Waals surface area contributed by atoms with Crippen molar-refractivity contribution in [2.24, 2.45) is 0 Å². The SMILES string of the molecule is Cc1c(N)cccc1-n1ccnc1. The lowest BCUT2D eigenvalue weighted by molar-refractivity contribution is 1.04. The number of hydrogen-bond donors (Lipinski definition) is 1. The van der Waals surface area contributed by atoms with E-state index < -0.39 is 0 Å². The van der Waals surface area contributed by atoms with E-state index in [-0.39, 0.29) is 0 Å². The van der Waals surface area contributed by atoms with Gasteiger partial charge in [-0.25, -0.2) is 4.98 Å². The largest absolute Gasteiger partial charge is 0.398 e. The number of nitrogens with two attached hydrogens (primary N) is 1. The molecule has 2 rings (SSSR count). The highest BCUT2D eigenvalue weighted by molar-refractivity contribution is 5.56. The summed E-state index contributed by atoms with van der Waals surface area (Å²) in [5.74, 6) is 0. The van der Waals surface area contributed by atoms with Gasteiger partial charge in [0, 0.05) is 18.1 Å². The number of nitrogens with zero attached hydrogens (tertiary/aromatic N) is 2. The summed E-state index contributed by atoms with van der Waals surface area (Å²) in [6.45, 7) is 2.00. The van der Waals surface area contributed by atoms with Gasteiger partial charge in [-0.2, -0.15) is 0 Å². The summed E-state index contributed by atoms with van der Waals surface area (Å²) in [4.78, 5) is 3.99. The van der Waals surface area contributed by atoms with Gasteiger partial charge >= 0.3 is 0 Å². The van der Waals surface area contributed by atoms with Crippen molar-refractivity contribution >= 4 is 5.69 Å². The smallest absolute Gasteiger partial charge is 0.0991 e. The molecular formula is C10H11N3. The van der Waals surface area contributed by atoms with Crippen molar-refractivity contribution in [2.75, 3.05) is 5.73 Å². The minimum Gasteiger partial charge on any atom is -0.398 e. The molecule has 1 aromatic carbocycles. The lowest BCUT2D eigenvalue weighted by Crippen LogP contribution is -1.97. The molecule has 0 saturated carbocycles. The molecule has 13 heavy (non-hydrogen) atoms. The van der Waals surface area contributed by atoms with Gasteiger partial charge in [0.2, 0.25) is 0 Å². The topological polar surface area (TPSA) is 43.8 Å². The molecule has 3 heteroatoms. The van der Waals surface area contributed by atoms with Crippen LogP contribution in [0.5, 0.6) is 0 Å². The van der Waals surface area contributed by atoms with Gasteiger partial charge in [0.1, 0.15) is 0 Å². The second-order valence-electron chi connectivity index (χ2n) is 2.96. The van der Waals surface area contributed by atoms with Crippen LogP contribution in [0.2, 0.25) is 0 Å². The number of rotatable bonds is 1. The van der Waals surface area contributed by atoms with E-state index in [2.05, 4.69) is 4.98 Å². The van der Waals surface area contributed by atoms with Gasteiger partial charge < -0.3 is 10.3 Å². The average molecular weight is 173 g/mol. The molecule has 0 fully saturated rings. The average Bonchev–Trinajstić information content (AvgIpc) is 2.62. The number of benzene rings is 1. The molecule has 0 saturated heterocycles. The van der Waals surface area contributed by atoms with E-state index in [1.165, 1.54) is 0 Å².